The van der Waals surface area contributed by atoms with Crippen molar-refractivity contribution in [3.63, 3.8) is 0 Å². The Morgan fingerprint density at radius 3 is 0.950 bits per heavy atom. The molecule has 10 aromatic rings. The predicted molar refractivity (Wildman–Crippen MR) is 386 cm³/mol. The van der Waals surface area contributed by atoms with Crippen LogP contribution < -0.4 is 36.6 Å². The van der Waals surface area contributed by atoms with Crippen molar-refractivity contribution in [1.82, 2.24) is 0 Å². The van der Waals surface area contributed by atoms with Crippen molar-refractivity contribution in [2.45, 2.75) is 120 Å². The number of rotatable bonds is 30. The van der Waals surface area contributed by atoms with E-state index in [2.05, 4.69) is 0 Å². The van der Waals surface area contributed by atoms with Crippen molar-refractivity contribution in [3.05, 3.63) is 251 Å². The zero-order valence-corrected chi connectivity index (χ0v) is 59.1. The monoisotopic (exact) mass is 1380 g/mol. The molecule has 100 heavy (non-hydrogen) atoms. The molecule has 1 unspecified atom stereocenters. The van der Waals surface area contributed by atoms with Crippen molar-refractivity contribution in [1.29, 1.82) is 0 Å². The van der Waals surface area contributed by atoms with Gasteiger partial charge in [-0.05, 0) is 143 Å². The van der Waals surface area contributed by atoms with Crippen LogP contribution in [0.1, 0.15) is 116 Å². The van der Waals surface area contributed by atoms with E-state index in [-0.39, 0.29) is 112 Å². The molecule has 19 heteroatoms. The zero-order chi connectivity index (χ0) is 71.0. The number of ketones is 1. The molecule has 0 aliphatic carbocycles. The van der Waals surface area contributed by atoms with E-state index < -0.39 is 65.4 Å². The number of fused-ring (bicyclic) bond motifs is 2. The lowest BCUT2D eigenvalue weighted by molar-refractivity contribution is -0.147. The number of ether oxygens (including phenoxy) is 5. The third-order valence-corrected chi connectivity index (χ3v) is 17.4. The number of benzene rings is 10. The summed E-state index contributed by atoms with van der Waals surface area (Å²) in [6.07, 6.45) is -1.74. The van der Waals surface area contributed by atoms with E-state index in [0.717, 1.165) is 0 Å². The molecule has 0 fully saturated rings. The van der Waals surface area contributed by atoms with E-state index in [0.29, 0.717) is 54.9 Å². The van der Waals surface area contributed by atoms with E-state index in [9.17, 15) is 19.2 Å². The summed E-state index contributed by atoms with van der Waals surface area (Å²) in [6.45, 7) is 18.0. The van der Waals surface area contributed by atoms with Gasteiger partial charge in [0.25, 0.3) is 0 Å². The number of carbonyl (C=O) groups is 6. The van der Waals surface area contributed by atoms with Crippen LogP contribution in [0.5, 0.6) is 46.0 Å². The minimum absolute atomic E-state index is 0.0192. The Morgan fingerprint density at radius 1 is 0.340 bits per heavy atom. The van der Waals surface area contributed by atoms with Crippen LogP contribution in [0.15, 0.2) is 206 Å². The van der Waals surface area contributed by atoms with Crippen molar-refractivity contribution in [2.75, 3.05) is 0 Å². The van der Waals surface area contributed by atoms with Gasteiger partial charge in [0.2, 0.25) is 0 Å². The topological polar surface area (TPSA) is 204 Å². The van der Waals surface area contributed by atoms with Gasteiger partial charge in [0.1, 0.15) is 51.4 Å². The molecule has 0 aromatic heterocycles. The molecule has 0 heterocycles. The summed E-state index contributed by atoms with van der Waals surface area (Å²) in [7, 11) is -5.88. The molecule has 0 aliphatic heterocycles. The van der Waals surface area contributed by atoms with Gasteiger partial charge in [-0.2, -0.15) is 0 Å². The highest BCUT2D eigenvalue weighted by molar-refractivity contribution is 7.43. The van der Waals surface area contributed by atoms with Gasteiger partial charge < -0.3 is 50.8 Å². The highest BCUT2D eigenvalue weighted by atomic mass is 31.2. The van der Waals surface area contributed by atoms with Crippen LogP contribution in [0.3, 0.4) is 0 Å². The minimum Gasteiger partial charge on any atom is -0.463 e. The first kappa shape index (κ1) is 72.2. The maximum atomic E-state index is 15.8. The van der Waals surface area contributed by atoms with Crippen LogP contribution in [0.2, 0.25) is 0 Å². The van der Waals surface area contributed by atoms with Crippen LogP contribution in [-0.4, -0.2) is 53.9 Å². The Kier molecular flexibility index (Phi) is 24.4. The Bertz CT molecular complexity index is 4190. The van der Waals surface area contributed by atoms with E-state index in [4.69, 9.17) is 50.8 Å². The summed E-state index contributed by atoms with van der Waals surface area (Å²) in [5.41, 5.74) is 2.88. The second-order valence-electron chi connectivity index (χ2n) is 24.9. The molecule has 10 aromatic carbocycles. The van der Waals surface area contributed by atoms with E-state index in [1.807, 2.05) is 38.1 Å². The SMILES string of the molecule is Cc1ccccc1OC(=O)c1cc2ccccc2c(-c2c(OP(Oc3ccccc3CC(=O)OC(C)C)Oc3ccccc3CC(=O)OC(C)C)c(C(=O)Oc3ccccc3C)cc3ccccc23)c1OP(Oc1ccccc1CC(=O)CC(C)C)Oc1ccccc1CC(=O)OC(C)C. The molecule has 0 saturated carbocycles. The van der Waals surface area contributed by atoms with Crippen LogP contribution in [0.4, 0.5) is 0 Å². The predicted octanol–water partition coefficient (Wildman–Crippen LogP) is 18.9. The summed E-state index contributed by atoms with van der Waals surface area (Å²) in [4.78, 5) is 86.2. The first-order valence-corrected chi connectivity index (χ1v) is 35.1. The third-order valence-electron chi connectivity index (χ3n) is 15.3. The van der Waals surface area contributed by atoms with Gasteiger partial charge >= 0.3 is 47.1 Å². The van der Waals surface area contributed by atoms with Crippen molar-refractivity contribution < 1.29 is 79.6 Å². The Balaban J connectivity index is 1.29. The van der Waals surface area contributed by atoms with Crippen LogP contribution in [0.25, 0.3) is 32.7 Å². The van der Waals surface area contributed by atoms with Crippen LogP contribution in [0, 0.1) is 19.8 Å². The molecule has 0 radical (unpaired) electrons. The number of carbonyl (C=O) groups excluding carboxylic acids is 6. The minimum atomic E-state index is -2.96. The first-order valence-electron chi connectivity index (χ1n) is 32.9. The lowest BCUT2D eigenvalue weighted by Gasteiger charge is -2.27. The van der Waals surface area contributed by atoms with Gasteiger partial charge in [-0.15, -0.1) is 0 Å². The second kappa shape index (κ2) is 33.8. The molecule has 0 saturated heterocycles. The van der Waals surface area contributed by atoms with Gasteiger partial charge in [-0.3, -0.25) is 19.2 Å². The fraction of sp³-hybridized carbons (Fsp3) is 0.235. The Morgan fingerprint density at radius 2 is 0.630 bits per heavy atom. The molecule has 17 nitrogen and oxygen atoms in total. The zero-order valence-electron chi connectivity index (χ0n) is 57.3. The Labute approximate surface area is 584 Å². The molecule has 0 bridgehead atoms. The number of Topliss-reactive ketones (excluding diaryl/α,β-unsaturated/α-hetero) is 1. The highest BCUT2D eigenvalue weighted by Gasteiger charge is 2.37. The summed E-state index contributed by atoms with van der Waals surface area (Å²) in [5, 5.41) is 1.83. The number of esters is 5. The molecular formula is C81H78O17P2. The average molecular weight is 1390 g/mol. The number of para-hydroxylation sites is 6. The van der Waals surface area contributed by atoms with E-state index >= 15 is 9.59 Å². The lowest BCUT2D eigenvalue weighted by atomic mass is 9.88. The Hall–Kier alpha value is -10.6. The molecule has 0 amide bonds. The number of aryl methyl sites for hydroxylation is 2. The van der Waals surface area contributed by atoms with Crippen LogP contribution in [-0.2, 0) is 59.1 Å². The summed E-state index contributed by atoms with van der Waals surface area (Å²) >= 11 is 0. The molecule has 0 N–H and O–H groups in total. The molecular weight excluding hydrogens is 1310 g/mol. The first-order chi connectivity index (χ1) is 48.1. The normalized spacial score (nSPS) is 11.6. The lowest BCUT2D eigenvalue weighted by Crippen LogP contribution is -2.16. The maximum absolute atomic E-state index is 15.8. The fourth-order valence-corrected chi connectivity index (χ4v) is 13.2. The summed E-state index contributed by atoms with van der Waals surface area (Å²) in [5.74, 6) is -2.73. The summed E-state index contributed by atoms with van der Waals surface area (Å²) < 4.78 is 72.6. The van der Waals surface area contributed by atoms with Gasteiger partial charge in [-0.1, -0.05) is 172 Å². The number of hydrogen-bond acceptors (Lipinski definition) is 17. The molecule has 0 spiro atoms. The van der Waals surface area contributed by atoms with Crippen molar-refractivity contribution in [3.8, 4) is 57.1 Å². The fourth-order valence-electron chi connectivity index (χ4n) is 11.0. The average Bonchev–Trinajstić information content (AvgIpc) is 0.729. The van der Waals surface area contributed by atoms with Crippen molar-refractivity contribution in [2.24, 2.45) is 5.92 Å². The third kappa shape index (κ3) is 19.0. The molecule has 10 rings (SSSR count). The molecule has 1 atom stereocenters. The largest absolute Gasteiger partial charge is 0.530 e. The quantitative estimate of drug-likeness (QED) is 0.0178. The number of hydrogen-bond donors (Lipinski definition) is 0. The smallest absolute Gasteiger partial charge is 0.463 e. The van der Waals surface area contributed by atoms with Gasteiger partial charge in [0.15, 0.2) is 11.5 Å². The van der Waals surface area contributed by atoms with Crippen LogP contribution >= 0.6 is 17.2 Å². The van der Waals surface area contributed by atoms with E-state index in [1.54, 1.807) is 237 Å². The molecule has 514 valence electrons. The second-order valence-corrected chi connectivity index (χ2v) is 26.9. The summed E-state index contributed by atoms with van der Waals surface area (Å²) in [6, 6.07) is 59.1. The van der Waals surface area contributed by atoms with Gasteiger partial charge in [-0.25, -0.2) is 9.59 Å². The van der Waals surface area contributed by atoms with E-state index in [1.165, 1.54) is 0 Å². The standard InChI is InChI=1S/C81H78O17P2/c1-50(2)43-62(82)44-58-31-15-23-39-69(58)93-99(94-70-40-24-16-32-59(70)47-73(83)88-51(3)4)97-78-65(80(86)91-67-37-21-11-27-54(67)9)45-56-29-13-19-35-63(56)76(78)77-64-36-20-14-30-57(64)46-66(81(87)92-68-38-22-12-28-55(68)10)79(77)98-100(95-71-41-25-17-33-60(71)48-74(84)89-52(5)6)96-72-42-26-18-34-61(72)49-75(85)90-53(7)8/h11-42,45-46,50-53H,43-44,47-49H2,1-10H3. The molecule has 0 aliphatic rings. The highest BCUT2D eigenvalue weighted by Crippen LogP contribution is 2.56. The maximum Gasteiger partial charge on any atom is 0.530 e. The van der Waals surface area contributed by atoms with Gasteiger partial charge in [0.05, 0.1) is 37.6 Å². The van der Waals surface area contributed by atoms with Gasteiger partial charge in [0, 0.05) is 46.2 Å². The van der Waals surface area contributed by atoms with Crippen molar-refractivity contribution >= 4 is 74.4 Å².